The predicted molar refractivity (Wildman–Crippen MR) is 89.2 cm³/mol. The summed E-state index contributed by atoms with van der Waals surface area (Å²) < 4.78 is 28.7. The predicted octanol–water partition coefficient (Wildman–Crippen LogP) is 6.77. The van der Waals surface area contributed by atoms with Gasteiger partial charge in [-0.15, -0.1) is 0 Å². The maximum Gasteiger partial charge on any atom is 0.162 e. The normalized spacial score (nSPS) is 22.0. The monoisotopic (exact) mass is 308 g/mol. The minimum Gasteiger partial charge on any atom is -0.203 e. The van der Waals surface area contributed by atoms with Gasteiger partial charge < -0.3 is 0 Å². The van der Waals surface area contributed by atoms with Gasteiger partial charge in [0.15, 0.2) is 11.6 Å². The molecule has 0 aromatic heterocycles. The van der Waals surface area contributed by atoms with Gasteiger partial charge in [-0.3, -0.25) is 0 Å². The van der Waals surface area contributed by atoms with Crippen molar-refractivity contribution in [2.45, 2.75) is 84.0 Å². The molecule has 0 amide bonds. The Kier molecular flexibility index (Phi) is 6.85. The molecular weight excluding hydrogens is 278 g/mol. The van der Waals surface area contributed by atoms with Crippen molar-refractivity contribution in [2.24, 2.45) is 5.92 Å². The number of hydrogen-bond acceptors (Lipinski definition) is 0. The maximum atomic E-state index is 14.4. The molecule has 0 heterocycles. The van der Waals surface area contributed by atoms with Gasteiger partial charge in [0.2, 0.25) is 0 Å². The fourth-order valence-corrected chi connectivity index (χ4v) is 3.85. The van der Waals surface area contributed by atoms with Gasteiger partial charge in [-0.25, -0.2) is 8.78 Å². The van der Waals surface area contributed by atoms with Gasteiger partial charge in [-0.05, 0) is 61.5 Å². The van der Waals surface area contributed by atoms with Crippen molar-refractivity contribution in [2.75, 3.05) is 0 Å². The van der Waals surface area contributed by atoms with E-state index in [1.54, 1.807) is 0 Å². The molecule has 124 valence electrons. The van der Waals surface area contributed by atoms with Crippen LogP contribution in [0.15, 0.2) is 12.1 Å². The molecule has 0 spiro atoms. The Bertz CT molecular complexity index is 459. The van der Waals surface area contributed by atoms with E-state index in [2.05, 4.69) is 13.8 Å². The van der Waals surface area contributed by atoms with E-state index in [1.165, 1.54) is 12.8 Å². The zero-order valence-electron chi connectivity index (χ0n) is 14.1. The third kappa shape index (κ3) is 4.30. The van der Waals surface area contributed by atoms with Crippen LogP contribution in [-0.4, -0.2) is 0 Å². The van der Waals surface area contributed by atoms with Gasteiger partial charge in [0, 0.05) is 0 Å². The van der Waals surface area contributed by atoms with Crippen molar-refractivity contribution in [3.8, 4) is 0 Å². The second kappa shape index (κ2) is 8.64. The number of aryl methyl sites for hydroxylation is 1. The van der Waals surface area contributed by atoms with Crippen LogP contribution in [0.1, 0.15) is 88.7 Å². The Morgan fingerprint density at radius 3 is 2.27 bits per heavy atom. The summed E-state index contributed by atoms with van der Waals surface area (Å²) in [7, 11) is 0. The quantitative estimate of drug-likeness (QED) is 0.487. The van der Waals surface area contributed by atoms with Crippen LogP contribution >= 0.6 is 0 Å². The van der Waals surface area contributed by atoms with Gasteiger partial charge in [-0.2, -0.15) is 0 Å². The summed E-state index contributed by atoms with van der Waals surface area (Å²) in [6, 6.07) is 3.67. The first-order chi connectivity index (χ1) is 10.7. The molecule has 1 aliphatic carbocycles. The Hall–Kier alpha value is -0.920. The molecule has 0 unspecified atom stereocenters. The molecule has 1 aromatic carbocycles. The molecule has 1 aliphatic rings. The summed E-state index contributed by atoms with van der Waals surface area (Å²) in [5, 5.41) is 0. The topological polar surface area (TPSA) is 0 Å². The fraction of sp³-hybridized carbons (Fsp3) is 0.700. The lowest BCUT2D eigenvalue weighted by Crippen LogP contribution is -2.15. The van der Waals surface area contributed by atoms with Crippen molar-refractivity contribution in [3.05, 3.63) is 34.9 Å². The van der Waals surface area contributed by atoms with Crippen LogP contribution < -0.4 is 0 Å². The van der Waals surface area contributed by atoms with Gasteiger partial charge in [0.05, 0.1) is 0 Å². The van der Waals surface area contributed by atoms with Gasteiger partial charge in [0.1, 0.15) is 0 Å². The summed E-state index contributed by atoms with van der Waals surface area (Å²) >= 11 is 0. The first-order valence-corrected chi connectivity index (χ1v) is 9.14. The van der Waals surface area contributed by atoms with Crippen LogP contribution in [0.3, 0.4) is 0 Å². The second-order valence-electron chi connectivity index (χ2n) is 6.91. The summed E-state index contributed by atoms with van der Waals surface area (Å²) in [6.07, 6.45) is 10.6. The summed E-state index contributed by atoms with van der Waals surface area (Å²) in [5.74, 6) is -0.160. The molecule has 2 rings (SSSR count). The molecule has 1 saturated carbocycles. The number of rotatable bonds is 7. The van der Waals surface area contributed by atoms with Crippen molar-refractivity contribution in [3.63, 3.8) is 0 Å². The van der Waals surface area contributed by atoms with Crippen LogP contribution in [0.25, 0.3) is 0 Å². The van der Waals surface area contributed by atoms with E-state index in [0.717, 1.165) is 50.9 Å². The zero-order valence-corrected chi connectivity index (χ0v) is 14.1. The highest BCUT2D eigenvalue weighted by Crippen LogP contribution is 2.39. The highest BCUT2D eigenvalue weighted by molar-refractivity contribution is 5.29. The van der Waals surface area contributed by atoms with E-state index in [4.69, 9.17) is 0 Å². The molecule has 2 heteroatoms. The second-order valence-corrected chi connectivity index (χ2v) is 6.91. The molecule has 0 nitrogen and oxygen atoms in total. The third-order valence-corrected chi connectivity index (χ3v) is 5.23. The Morgan fingerprint density at radius 2 is 1.64 bits per heavy atom. The van der Waals surface area contributed by atoms with E-state index in [0.29, 0.717) is 17.5 Å². The molecular formula is C20H30F2. The van der Waals surface area contributed by atoms with Crippen molar-refractivity contribution in [1.82, 2.24) is 0 Å². The molecule has 0 saturated heterocycles. The van der Waals surface area contributed by atoms with Crippen LogP contribution in [0, 0.1) is 17.6 Å². The van der Waals surface area contributed by atoms with E-state index < -0.39 is 11.6 Å². The Labute approximate surface area is 134 Å². The number of benzene rings is 1. The average molecular weight is 308 g/mol. The molecule has 0 N–H and O–H groups in total. The standard InChI is InChI=1S/C20H30F2/c1-3-5-6-8-17-13-14-18(20(22)19(17)21)16-11-9-15(7-4-2)10-12-16/h13-16H,3-12H2,1-2H3/t15-,16-. The zero-order chi connectivity index (χ0) is 15.9. The van der Waals surface area contributed by atoms with Crippen LogP contribution in [0.4, 0.5) is 8.78 Å². The van der Waals surface area contributed by atoms with E-state index >= 15 is 0 Å². The molecule has 1 aromatic rings. The van der Waals surface area contributed by atoms with E-state index in [9.17, 15) is 8.78 Å². The molecule has 0 radical (unpaired) electrons. The lowest BCUT2D eigenvalue weighted by atomic mass is 9.77. The number of hydrogen-bond donors (Lipinski definition) is 0. The first kappa shape index (κ1) is 17.4. The minimum atomic E-state index is -0.593. The lowest BCUT2D eigenvalue weighted by Gasteiger charge is -2.29. The van der Waals surface area contributed by atoms with Gasteiger partial charge in [0.25, 0.3) is 0 Å². The maximum absolute atomic E-state index is 14.4. The molecule has 0 atom stereocenters. The summed E-state index contributed by atoms with van der Waals surface area (Å²) in [6.45, 7) is 4.34. The number of unbranched alkanes of at least 4 members (excludes halogenated alkanes) is 2. The summed E-state index contributed by atoms with van der Waals surface area (Å²) in [5.41, 5.74) is 1.17. The third-order valence-electron chi connectivity index (χ3n) is 5.23. The first-order valence-electron chi connectivity index (χ1n) is 9.14. The molecule has 1 fully saturated rings. The Balaban J connectivity index is 2.02. The molecule has 22 heavy (non-hydrogen) atoms. The van der Waals surface area contributed by atoms with Crippen LogP contribution in [0.2, 0.25) is 0 Å². The minimum absolute atomic E-state index is 0.215. The molecule has 0 aliphatic heterocycles. The van der Waals surface area contributed by atoms with E-state index in [1.807, 2.05) is 12.1 Å². The number of halogens is 2. The summed E-state index contributed by atoms with van der Waals surface area (Å²) in [4.78, 5) is 0. The average Bonchev–Trinajstić information content (AvgIpc) is 2.53. The highest BCUT2D eigenvalue weighted by atomic mass is 19.2. The van der Waals surface area contributed by atoms with E-state index in [-0.39, 0.29) is 5.92 Å². The molecule has 0 bridgehead atoms. The van der Waals surface area contributed by atoms with Crippen molar-refractivity contribution >= 4 is 0 Å². The largest absolute Gasteiger partial charge is 0.203 e. The Morgan fingerprint density at radius 1 is 0.909 bits per heavy atom. The van der Waals surface area contributed by atoms with Crippen molar-refractivity contribution < 1.29 is 8.78 Å². The fourth-order valence-electron chi connectivity index (χ4n) is 3.85. The van der Waals surface area contributed by atoms with Crippen LogP contribution in [0.5, 0.6) is 0 Å². The van der Waals surface area contributed by atoms with Crippen LogP contribution in [-0.2, 0) is 6.42 Å². The lowest BCUT2D eigenvalue weighted by molar-refractivity contribution is 0.302. The smallest absolute Gasteiger partial charge is 0.162 e. The van der Waals surface area contributed by atoms with Gasteiger partial charge >= 0.3 is 0 Å². The highest BCUT2D eigenvalue weighted by Gasteiger charge is 2.25. The SMILES string of the molecule is CCCCCc1ccc([C@H]2CC[C@H](CCC)CC2)c(F)c1F. The van der Waals surface area contributed by atoms with Gasteiger partial charge in [-0.1, -0.05) is 51.7 Å². The van der Waals surface area contributed by atoms with Crippen molar-refractivity contribution in [1.29, 1.82) is 0 Å².